The molecule has 0 aliphatic heterocycles. The van der Waals surface area contributed by atoms with Gasteiger partial charge in [0.05, 0.1) is 17.7 Å². The van der Waals surface area contributed by atoms with Crippen LogP contribution in [0.3, 0.4) is 0 Å². The van der Waals surface area contributed by atoms with Crippen molar-refractivity contribution in [3.05, 3.63) is 99.6 Å². The number of ketones is 3. The van der Waals surface area contributed by atoms with Crippen molar-refractivity contribution < 1.29 is 19.2 Å². The summed E-state index contributed by atoms with van der Waals surface area (Å²) in [7, 11) is 0. The smallest absolute Gasteiger partial charge is 0.232 e. The highest BCUT2D eigenvalue weighted by atomic mass is 35.5. The van der Waals surface area contributed by atoms with Crippen molar-refractivity contribution in [1.82, 2.24) is 0 Å². The summed E-state index contributed by atoms with van der Waals surface area (Å²) in [6.07, 6.45) is -0.399. The van der Waals surface area contributed by atoms with Gasteiger partial charge in [-0.05, 0) is 12.1 Å². The fourth-order valence-electron chi connectivity index (χ4n) is 3.35. The summed E-state index contributed by atoms with van der Waals surface area (Å²) in [4.78, 5) is 50.6. The standard InChI is InChI=1S/C23H14ClNO4/c24-14-10-17-21(23(29)16-9-5-4-8-15(16)22(17)28)18(11-14)25-20(27)12-19(26)13-6-2-1-3-7-13/h1-11H,12H2,(H,25,27). The molecule has 0 heterocycles. The van der Waals surface area contributed by atoms with E-state index in [9.17, 15) is 19.2 Å². The highest BCUT2D eigenvalue weighted by molar-refractivity contribution is 6.35. The lowest BCUT2D eigenvalue weighted by Crippen LogP contribution is -2.24. The molecule has 0 spiro atoms. The molecule has 29 heavy (non-hydrogen) atoms. The van der Waals surface area contributed by atoms with E-state index in [-0.39, 0.29) is 44.8 Å². The lowest BCUT2D eigenvalue weighted by molar-refractivity contribution is -0.115. The zero-order chi connectivity index (χ0) is 20.5. The molecule has 0 saturated carbocycles. The van der Waals surface area contributed by atoms with Crippen LogP contribution in [0.25, 0.3) is 0 Å². The molecule has 0 radical (unpaired) electrons. The summed E-state index contributed by atoms with van der Waals surface area (Å²) in [5.41, 5.74) is 1.30. The van der Waals surface area contributed by atoms with Crippen LogP contribution in [0.5, 0.6) is 0 Å². The third kappa shape index (κ3) is 3.48. The van der Waals surface area contributed by atoms with E-state index in [1.165, 1.54) is 12.1 Å². The van der Waals surface area contributed by atoms with Gasteiger partial charge in [-0.3, -0.25) is 19.2 Å². The number of carbonyl (C=O) groups excluding carboxylic acids is 4. The Hall–Kier alpha value is -3.57. The van der Waals surface area contributed by atoms with Crippen LogP contribution in [-0.4, -0.2) is 23.3 Å². The van der Waals surface area contributed by atoms with Crippen molar-refractivity contribution >= 4 is 40.5 Å². The molecule has 1 aliphatic rings. The van der Waals surface area contributed by atoms with Gasteiger partial charge < -0.3 is 5.32 Å². The monoisotopic (exact) mass is 403 g/mol. The zero-order valence-electron chi connectivity index (χ0n) is 15.1. The van der Waals surface area contributed by atoms with E-state index in [0.29, 0.717) is 11.1 Å². The van der Waals surface area contributed by atoms with Gasteiger partial charge in [-0.2, -0.15) is 0 Å². The minimum atomic E-state index is -0.595. The largest absolute Gasteiger partial charge is 0.325 e. The Bertz CT molecular complexity index is 1180. The van der Waals surface area contributed by atoms with Crippen LogP contribution in [0.2, 0.25) is 5.02 Å². The summed E-state index contributed by atoms with van der Waals surface area (Å²) in [6, 6.07) is 17.7. The summed E-state index contributed by atoms with van der Waals surface area (Å²) in [5, 5.41) is 2.78. The number of rotatable bonds is 4. The Morgan fingerprint density at radius 1 is 0.793 bits per heavy atom. The highest BCUT2D eigenvalue weighted by Gasteiger charge is 2.32. The van der Waals surface area contributed by atoms with Crippen LogP contribution >= 0.6 is 11.6 Å². The third-order valence-corrected chi connectivity index (χ3v) is 4.90. The molecule has 0 bridgehead atoms. The normalized spacial score (nSPS) is 12.2. The number of carbonyl (C=O) groups is 4. The maximum atomic E-state index is 13.0. The lowest BCUT2D eigenvalue weighted by Gasteiger charge is -2.20. The number of Topliss-reactive ketones (excluding diaryl/α,β-unsaturated/α-hetero) is 1. The Balaban J connectivity index is 1.66. The topological polar surface area (TPSA) is 80.3 Å². The summed E-state index contributed by atoms with van der Waals surface area (Å²) < 4.78 is 0. The molecule has 1 aliphatic carbocycles. The number of halogens is 1. The van der Waals surface area contributed by atoms with Crippen molar-refractivity contribution in [3.8, 4) is 0 Å². The molecule has 4 rings (SSSR count). The van der Waals surface area contributed by atoms with Crippen molar-refractivity contribution in [1.29, 1.82) is 0 Å². The van der Waals surface area contributed by atoms with Gasteiger partial charge in [-0.25, -0.2) is 0 Å². The molecule has 3 aromatic carbocycles. The van der Waals surface area contributed by atoms with Gasteiger partial charge in [0.1, 0.15) is 0 Å². The fraction of sp³-hybridized carbons (Fsp3) is 0.0435. The number of hydrogen-bond donors (Lipinski definition) is 1. The first-order valence-electron chi connectivity index (χ1n) is 8.86. The molecule has 1 amide bonds. The van der Waals surface area contributed by atoms with Crippen LogP contribution in [-0.2, 0) is 4.79 Å². The molecule has 5 nitrogen and oxygen atoms in total. The number of hydrogen-bond acceptors (Lipinski definition) is 4. The molecular weight excluding hydrogens is 390 g/mol. The van der Waals surface area contributed by atoms with E-state index in [2.05, 4.69) is 5.32 Å². The Morgan fingerprint density at radius 2 is 1.41 bits per heavy atom. The molecule has 1 N–H and O–H groups in total. The van der Waals surface area contributed by atoms with Gasteiger partial charge in [0.15, 0.2) is 17.3 Å². The van der Waals surface area contributed by atoms with Crippen LogP contribution in [0.4, 0.5) is 5.69 Å². The first kappa shape index (κ1) is 18.8. The average molecular weight is 404 g/mol. The predicted molar refractivity (Wildman–Crippen MR) is 109 cm³/mol. The van der Waals surface area contributed by atoms with Crippen molar-refractivity contribution in [3.63, 3.8) is 0 Å². The molecular formula is C23H14ClNO4. The van der Waals surface area contributed by atoms with Gasteiger partial charge in [0, 0.05) is 27.3 Å². The third-order valence-electron chi connectivity index (χ3n) is 4.68. The minimum absolute atomic E-state index is 0.0820. The van der Waals surface area contributed by atoms with Crippen LogP contribution in [0.1, 0.15) is 48.6 Å². The van der Waals surface area contributed by atoms with E-state index in [1.54, 1.807) is 54.6 Å². The second-order valence-corrected chi connectivity index (χ2v) is 7.03. The number of fused-ring (bicyclic) bond motifs is 2. The Morgan fingerprint density at radius 3 is 2.10 bits per heavy atom. The van der Waals surface area contributed by atoms with E-state index in [4.69, 9.17) is 11.6 Å². The maximum absolute atomic E-state index is 13.0. The van der Waals surface area contributed by atoms with Gasteiger partial charge in [0.25, 0.3) is 0 Å². The van der Waals surface area contributed by atoms with Gasteiger partial charge in [-0.1, -0.05) is 66.2 Å². The second-order valence-electron chi connectivity index (χ2n) is 6.59. The van der Waals surface area contributed by atoms with E-state index < -0.39 is 12.3 Å². The lowest BCUT2D eigenvalue weighted by atomic mass is 9.83. The van der Waals surface area contributed by atoms with E-state index >= 15 is 0 Å². The van der Waals surface area contributed by atoms with Gasteiger partial charge in [0.2, 0.25) is 5.91 Å². The Labute approximate surface area is 171 Å². The van der Waals surface area contributed by atoms with Crippen LogP contribution < -0.4 is 5.32 Å². The summed E-state index contributed by atoms with van der Waals surface area (Å²) in [6.45, 7) is 0. The number of nitrogens with one attached hydrogen (secondary N) is 1. The van der Waals surface area contributed by atoms with Crippen molar-refractivity contribution in [2.75, 3.05) is 5.32 Å². The predicted octanol–water partition coefficient (Wildman–Crippen LogP) is 4.33. The van der Waals surface area contributed by atoms with Crippen LogP contribution in [0.15, 0.2) is 66.7 Å². The molecule has 0 unspecified atom stereocenters. The summed E-state index contributed by atoms with van der Waals surface area (Å²) >= 11 is 6.13. The molecule has 142 valence electrons. The van der Waals surface area contributed by atoms with Gasteiger partial charge >= 0.3 is 0 Å². The van der Waals surface area contributed by atoms with Crippen molar-refractivity contribution in [2.45, 2.75) is 6.42 Å². The van der Waals surface area contributed by atoms with E-state index in [0.717, 1.165) is 0 Å². The summed E-state index contributed by atoms with van der Waals surface area (Å²) in [5.74, 6) is -1.67. The molecule has 0 aromatic heterocycles. The highest BCUT2D eigenvalue weighted by Crippen LogP contribution is 2.34. The first-order valence-corrected chi connectivity index (χ1v) is 9.23. The van der Waals surface area contributed by atoms with Crippen molar-refractivity contribution in [2.24, 2.45) is 0 Å². The molecule has 6 heteroatoms. The second kappa shape index (κ2) is 7.45. The SMILES string of the molecule is O=C(CC(=O)c1ccccc1)Nc1cc(Cl)cc2c1C(=O)c1ccccc1C2=O. The minimum Gasteiger partial charge on any atom is -0.325 e. The zero-order valence-corrected chi connectivity index (χ0v) is 15.8. The number of amides is 1. The molecule has 0 atom stereocenters. The van der Waals surface area contributed by atoms with E-state index in [1.807, 2.05) is 0 Å². The maximum Gasteiger partial charge on any atom is 0.232 e. The number of benzene rings is 3. The van der Waals surface area contributed by atoms with Crippen LogP contribution in [0, 0.1) is 0 Å². The van der Waals surface area contributed by atoms with Gasteiger partial charge in [-0.15, -0.1) is 0 Å². The number of anilines is 1. The molecule has 0 fully saturated rings. The average Bonchev–Trinajstić information content (AvgIpc) is 2.72. The first-order chi connectivity index (χ1) is 14.0. The fourth-order valence-corrected chi connectivity index (χ4v) is 3.57. The quantitative estimate of drug-likeness (QED) is 0.406. The molecule has 0 saturated heterocycles. The molecule has 3 aromatic rings. The Kier molecular flexibility index (Phi) is 4.82.